The Hall–Kier alpha value is -0.470. The normalized spacial score (nSPS) is 21.6. The third kappa shape index (κ3) is 3.26. The monoisotopic (exact) mass is 276 g/mol. The number of hydrogen-bond acceptors (Lipinski definition) is 5. The maximum atomic E-state index is 12.0. The van der Waals surface area contributed by atoms with Crippen LogP contribution in [0.25, 0.3) is 0 Å². The predicted molar refractivity (Wildman–Crippen MR) is 66.4 cm³/mol. The van der Waals surface area contributed by atoms with Gasteiger partial charge in [0.05, 0.1) is 6.61 Å². The van der Waals surface area contributed by atoms with Crippen molar-refractivity contribution >= 4 is 21.4 Å². The summed E-state index contributed by atoms with van der Waals surface area (Å²) in [5.74, 6) is 0. The molecule has 1 aliphatic rings. The average molecular weight is 276 g/mol. The minimum atomic E-state index is -3.42. The van der Waals surface area contributed by atoms with Gasteiger partial charge in [-0.05, 0) is 29.9 Å². The Kier molecular flexibility index (Phi) is 4.16. The van der Waals surface area contributed by atoms with Crippen LogP contribution in [-0.4, -0.2) is 27.7 Å². The van der Waals surface area contributed by atoms with Crippen molar-refractivity contribution in [2.45, 2.75) is 29.6 Å². The van der Waals surface area contributed by atoms with Crippen molar-refractivity contribution in [1.29, 1.82) is 0 Å². The second kappa shape index (κ2) is 5.45. The van der Waals surface area contributed by atoms with Gasteiger partial charge in [-0.25, -0.2) is 13.1 Å². The molecule has 3 N–H and O–H groups in total. The highest BCUT2D eigenvalue weighted by atomic mass is 32.2. The molecule has 5 nitrogen and oxygen atoms in total. The summed E-state index contributed by atoms with van der Waals surface area (Å²) in [6.07, 6.45) is 1.72. The van der Waals surface area contributed by atoms with E-state index in [0.717, 1.165) is 18.4 Å². The fraction of sp³-hybridized carbons (Fsp3) is 0.600. The zero-order valence-corrected chi connectivity index (χ0v) is 11.0. The molecule has 1 aromatic heterocycles. The smallest absolute Gasteiger partial charge is 0.250 e. The van der Waals surface area contributed by atoms with Crippen LogP contribution in [-0.2, 0) is 21.3 Å². The van der Waals surface area contributed by atoms with Crippen LogP contribution in [0.5, 0.6) is 0 Å². The third-order valence-electron chi connectivity index (χ3n) is 2.61. The molecule has 7 heteroatoms. The molecule has 1 atom stereocenters. The van der Waals surface area contributed by atoms with Crippen LogP contribution >= 0.6 is 11.3 Å². The van der Waals surface area contributed by atoms with Crippen LogP contribution in [0.15, 0.2) is 15.7 Å². The van der Waals surface area contributed by atoms with E-state index in [1.54, 1.807) is 11.4 Å². The van der Waals surface area contributed by atoms with Gasteiger partial charge in [0.2, 0.25) is 10.0 Å². The van der Waals surface area contributed by atoms with Gasteiger partial charge in [-0.2, -0.15) is 0 Å². The average Bonchev–Trinajstić information content (AvgIpc) is 2.79. The lowest BCUT2D eigenvalue weighted by Crippen LogP contribution is -2.40. The van der Waals surface area contributed by atoms with E-state index in [-0.39, 0.29) is 6.04 Å². The number of rotatable bonds is 4. The molecule has 0 spiro atoms. The van der Waals surface area contributed by atoms with Gasteiger partial charge in [0.25, 0.3) is 0 Å². The van der Waals surface area contributed by atoms with Crippen LogP contribution in [0.3, 0.4) is 0 Å². The predicted octanol–water partition coefficient (Wildman–Crippen LogP) is 0.664. The van der Waals surface area contributed by atoms with Crippen LogP contribution in [0.4, 0.5) is 0 Å². The standard InChI is InChI=1S/C10H16N2O3S2/c11-5-8-4-10(16-7-8)17(13,14)12-9-2-1-3-15-6-9/h4,7,9,12H,1-3,5-6,11H2. The van der Waals surface area contributed by atoms with Gasteiger partial charge >= 0.3 is 0 Å². The van der Waals surface area contributed by atoms with E-state index in [9.17, 15) is 8.42 Å². The number of thiophene rings is 1. The van der Waals surface area contributed by atoms with Crippen molar-refractivity contribution in [1.82, 2.24) is 4.72 Å². The number of hydrogen-bond donors (Lipinski definition) is 2. The van der Waals surface area contributed by atoms with E-state index in [4.69, 9.17) is 10.5 Å². The zero-order chi connectivity index (χ0) is 12.3. The third-order valence-corrected chi connectivity index (χ3v) is 5.62. The Balaban J connectivity index is 2.07. The number of sulfonamides is 1. The highest BCUT2D eigenvalue weighted by Gasteiger charge is 2.23. The van der Waals surface area contributed by atoms with E-state index >= 15 is 0 Å². The van der Waals surface area contributed by atoms with Gasteiger partial charge in [0.15, 0.2) is 0 Å². The first-order valence-electron chi connectivity index (χ1n) is 5.49. The molecule has 0 saturated carbocycles. The zero-order valence-electron chi connectivity index (χ0n) is 9.39. The van der Waals surface area contributed by atoms with Gasteiger partial charge < -0.3 is 10.5 Å². The largest absolute Gasteiger partial charge is 0.380 e. The molecule has 2 rings (SSSR count). The number of nitrogens with two attached hydrogens (primary N) is 1. The van der Waals surface area contributed by atoms with Crippen molar-refractivity contribution in [3.63, 3.8) is 0 Å². The molecule has 2 heterocycles. The molecule has 0 radical (unpaired) electrons. The first-order valence-corrected chi connectivity index (χ1v) is 7.85. The number of ether oxygens (including phenoxy) is 1. The Bertz CT molecular complexity index is 464. The second-order valence-electron chi connectivity index (χ2n) is 4.01. The lowest BCUT2D eigenvalue weighted by Gasteiger charge is -2.22. The lowest BCUT2D eigenvalue weighted by atomic mass is 10.1. The molecule has 0 bridgehead atoms. The summed E-state index contributed by atoms with van der Waals surface area (Å²) in [6.45, 7) is 1.53. The SMILES string of the molecule is NCc1csc(S(=O)(=O)NC2CCCOC2)c1. The molecule has 1 saturated heterocycles. The molecule has 1 fully saturated rings. The Morgan fingerprint density at radius 3 is 3.00 bits per heavy atom. The minimum absolute atomic E-state index is 0.114. The highest BCUT2D eigenvalue weighted by Crippen LogP contribution is 2.21. The molecular formula is C10H16N2O3S2. The minimum Gasteiger partial charge on any atom is -0.380 e. The number of nitrogens with one attached hydrogen (secondary N) is 1. The molecule has 96 valence electrons. The van der Waals surface area contributed by atoms with Crippen molar-refractivity contribution in [3.05, 3.63) is 17.0 Å². The fourth-order valence-corrected chi connectivity index (χ4v) is 4.21. The summed E-state index contributed by atoms with van der Waals surface area (Å²) in [5, 5.41) is 1.77. The van der Waals surface area contributed by atoms with Crippen molar-refractivity contribution in [2.24, 2.45) is 5.73 Å². The summed E-state index contributed by atoms with van der Waals surface area (Å²) < 4.78 is 32.3. The van der Waals surface area contributed by atoms with Gasteiger partial charge in [0.1, 0.15) is 4.21 Å². The van der Waals surface area contributed by atoms with Gasteiger partial charge in [-0.15, -0.1) is 11.3 Å². The maximum absolute atomic E-state index is 12.0. The molecule has 17 heavy (non-hydrogen) atoms. The molecule has 1 unspecified atom stereocenters. The van der Waals surface area contributed by atoms with Crippen molar-refractivity contribution < 1.29 is 13.2 Å². The Morgan fingerprint density at radius 2 is 2.41 bits per heavy atom. The van der Waals surface area contributed by atoms with Crippen molar-refractivity contribution in [2.75, 3.05) is 13.2 Å². The molecular weight excluding hydrogens is 260 g/mol. The van der Waals surface area contributed by atoms with E-state index in [1.165, 1.54) is 11.3 Å². The van der Waals surface area contributed by atoms with Crippen molar-refractivity contribution in [3.8, 4) is 0 Å². The quantitative estimate of drug-likeness (QED) is 0.846. The first kappa shape index (κ1) is 13.0. The lowest BCUT2D eigenvalue weighted by molar-refractivity contribution is 0.0774. The fourth-order valence-electron chi connectivity index (χ4n) is 1.71. The summed E-state index contributed by atoms with van der Waals surface area (Å²) in [4.78, 5) is 0. The summed E-state index contributed by atoms with van der Waals surface area (Å²) in [7, 11) is -3.42. The Labute approximate surface area is 105 Å². The molecule has 0 amide bonds. The van der Waals surface area contributed by atoms with E-state index in [1.807, 2.05) is 0 Å². The Morgan fingerprint density at radius 1 is 1.59 bits per heavy atom. The topological polar surface area (TPSA) is 81.4 Å². The summed E-state index contributed by atoms with van der Waals surface area (Å²) in [5.41, 5.74) is 6.30. The molecule has 0 aliphatic carbocycles. The van der Waals surface area contributed by atoms with Crippen LogP contribution in [0, 0.1) is 0 Å². The first-order chi connectivity index (χ1) is 8.12. The maximum Gasteiger partial charge on any atom is 0.250 e. The second-order valence-corrected chi connectivity index (χ2v) is 6.87. The summed E-state index contributed by atoms with van der Waals surface area (Å²) >= 11 is 1.20. The van der Waals surface area contributed by atoms with Gasteiger partial charge in [-0.3, -0.25) is 0 Å². The van der Waals surface area contributed by atoms with E-state index in [2.05, 4.69) is 4.72 Å². The van der Waals surface area contributed by atoms with Crippen LogP contribution < -0.4 is 10.5 Å². The highest BCUT2D eigenvalue weighted by molar-refractivity contribution is 7.91. The van der Waals surface area contributed by atoms with Crippen LogP contribution in [0.1, 0.15) is 18.4 Å². The summed E-state index contributed by atoms with van der Waals surface area (Å²) in [6, 6.07) is 1.51. The molecule has 0 aromatic carbocycles. The van der Waals surface area contributed by atoms with E-state index < -0.39 is 10.0 Å². The van der Waals surface area contributed by atoms with Gasteiger partial charge in [-0.1, -0.05) is 0 Å². The van der Waals surface area contributed by atoms with E-state index in [0.29, 0.717) is 24.0 Å². The van der Waals surface area contributed by atoms with Crippen LogP contribution in [0.2, 0.25) is 0 Å². The molecule has 1 aromatic rings. The van der Waals surface area contributed by atoms with Gasteiger partial charge in [0, 0.05) is 19.2 Å². The molecule has 1 aliphatic heterocycles.